The summed E-state index contributed by atoms with van der Waals surface area (Å²) in [5.74, 6) is 0.686. The van der Waals surface area contributed by atoms with Gasteiger partial charge in [-0.25, -0.2) is 0 Å². The van der Waals surface area contributed by atoms with E-state index in [0.717, 1.165) is 12.8 Å². The Kier molecular flexibility index (Phi) is 5.57. The average Bonchev–Trinajstić information content (AvgIpc) is 2.49. The zero-order valence-corrected chi connectivity index (χ0v) is 13.5. The van der Waals surface area contributed by atoms with Gasteiger partial charge < -0.3 is 14.2 Å². The van der Waals surface area contributed by atoms with E-state index in [1.165, 1.54) is 13.8 Å². The van der Waals surface area contributed by atoms with Crippen molar-refractivity contribution in [1.82, 2.24) is 0 Å². The molecule has 122 valence electrons. The van der Waals surface area contributed by atoms with E-state index >= 15 is 0 Å². The van der Waals surface area contributed by atoms with Crippen LogP contribution in [0.3, 0.4) is 0 Å². The van der Waals surface area contributed by atoms with Gasteiger partial charge in [0.2, 0.25) is 0 Å². The van der Waals surface area contributed by atoms with Crippen molar-refractivity contribution in [2.75, 3.05) is 6.61 Å². The first-order valence-electron chi connectivity index (χ1n) is 7.57. The molecule has 2 aromatic rings. The third-order valence-electron chi connectivity index (χ3n) is 3.18. The lowest BCUT2D eigenvalue weighted by Gasteiger charge is -2.12. The molecule has 0 aliphatic carbocycles. The zero-order chi connectivity index (χ0) is 16.8. The van der Waals surface area contributed by atoms with Crippen LogP contribution in [0.25, 0.3) is 10.8 Å². The van der Waals surface area contributed by atoms with Gasteiger partial charge >= 0.3 is 11.9 Å². The summed E-state index contributed by atoms with van der Waals surface area (Å²) >= 11 is 0. The highest BCUT2D eigenvalue weighted by molar-refractivity contribution is 5.96. The van der Waals surface area contributed by atoms with Gasteiger partial charge in [-0.05, 0) is 36.8 Å². The Hall–Kier alpha value is -2.56. The van der Waals surface area contributed by atoms with E-state index in [0.29, 0.717) is 34.6 Å². The maximum atomic E-state index is 11.3. The van der Waals surface area contributed by atoms with Gasteiger partial charge in [0.25, 0.3) is 0 Å². The Morgan fingerprint density at radius 3 is 2.09 bits per heavy atom. The summed E-state index contributed by atoms with van der Waals surface area (Å²) in [6.45, 7) is 5.39. The van der Waals surface area contributed by atoms with Crippen LogP contribution in [0, 0.1) is 0 Å². The highest BCUT2D eigenvalue weighted by Crippen LogP contribution is 2.36. The fourth-order valence-electron chi connectivity index (χ4n) is 2.18. The van der Waals surface area contributed by atoms with Crippen LogP contribution < -0.4 is 14.2 Å². The second-order valence-corrected chi connectivity index (χ2v) is 5.16. The summed E-state index contributed by atoms with van der Waals surface area (Å²) in [5.41, 5.74) is 0. The van der Waals surface area contributed by atoms with Crippen molar-refractivity contribution in [3.05, 3.63) is 30.3 Å². The van der Waals surface area contributed by atoms with E-state index in [9.17, 15) is 9.59 Å². The summed E-state index contributed by atoms with van der Waals surface area (Å²) < 4.78 is 16.1. The van der Waals surface area contributed by atoms with Crippen LogP contribution in [0.4, 0.5) is 0 Å². The number of esters is 2. The highest BCUT2D eigenvalue weighted by atomic mass is 16.5. The maximum absolute atomic E-state index is 11.3. The molecule has 0 spiro atoms. The van der Waals surface area contributed by atoms with Crippen molar-refractivity contribution in [3.8, 4) is 17.2 Å². The van der Waals surface area contributed by atoms with Crippen molar-refractivity contribution >= 4 is 22.7 Å². The van der Waals surface area contributed by atoms with Crippen LogP contribution in [-0.2, 0) is 9.59 Å². The molecule has 0 fully saturated rings. The van der Waals surface area contributed by atoms with Gasteiger partial charge in [-0.1, -0.05) is 13.3 Å². The minimum absolute atomic E-state index is 0.407. The Morgan fingerprint density at radius 1 is 0.913 bits per heavy atom. The lowest BCUT2D eigenvalue weighted by atomic mass is 10.1. The third-order valence-corrected chi connectivity index (χ3v) is 3.18. The number of rotatable bonds is 6. The Morgan fingerprint density at radius 2 is 1.52 bits per heavy atom. The van der Waals surface area contributed by atoms with Gasteiger partial charge in [0.05, 0.1) is 6.61 Å². The number of benzene rings is 2. The summed E-state index contributed by atoms with van der Waals surface area (Å²) in [6, 6.07) is 8.61. The first kappa shape index (κ1) is 16.8. The summed E-state index contributed by atoms with van der Waals surface area (Å²) in [4.78, 5) is 22.5. The van der Waals surface area contributed by atoms with Crippen molar-refractivity contribution in [2.45, 2.75) is 33.6 Å². The smallest absolute Gasteiger partial charge is 0.308 e. The standard InChI is InChI=1S/C18H20O5/c1-4-5-10-21-14-6-7-15-16(11-14)18(23-13(3)20)9-8-17(15)22-12(2)19/h6-9,11H,4-5,10H2,1-3H3. The minimum atomic E-state index is -0.413. The number of carbonyl (C=O) groups excluding carboxylic acids is 2. The molecule has 0 radical (unpaired) electrons. The molecule has 0 aromatic heterocycles. The van der Waals surface area contributed by atoms with Crippen molar-refractivity contribution in [3.63, 3.8) is 0 Å². The molecule has 0 aliphatic heterocycles. The molecule has 0 atom stereocenters. The van der Waals surface area contributed by atoms with Gasteiger partial charge in [0.15, 0.2) is 0 Å². The molecule has 5 nitrogen and oxygen atoms in total. The maximum Gasteiger partial charge on any atom is 0.308 e. The fraction of sp³-hybridized carbons (Fsp3) is 0.333. The van der Waals surface area contributed by atoms with Gasteiger partial charge in [0.1, 0.15) is 17.2 Å². The molecule has 5 heteroatoms. The normalized spacial score (nSPS) is 10.4. The quantitative estimate of drug-likeness (QED) is 0.460. The topological polar surface area (TPSA) is 61.8 Å². The Balaban J connectivity index is 2.45. The first-order chi connectivity index (χ1) is 11.0. The van der Waals surface area contributed by atoms with Gasteiger partial charge in [-0.15, -0.1) is 0 Å². The number of unbranched alkanes of at least 4 members (excludes halogenated alkanes) is 1. The van der Waals surface area contributed by atoms with E-state index in [1.54, 1.807) is 24.3 Å². The molecule has 0 aliphatic rings. The van der Waals surface area contributed by atoms with Crippen molar-refractivity contribution in [2.24, 2.45) is 0 Å². The molecule has 2 aromatic carbocycles. The summed E-state index contributed by atoms with van der Waals surface area (Å²) in [5, 5.41) is 1.34. The number of hydrogen-bond donors (Lipinski definition) is 0. The number of carbonyl (C=O) groups is 2. The first-order valence-corrected chi connectivity index (χ1v) is 7.57. The van der Waals surface area contributed by atoms with E-state index in [1.807, 2.05) is 6.07 Å². The number of hydrogen-bond acceptors (Lipinski definition) is 5. The fourth-order valence-corrected chi connectivity index (χ4v) is 2.18. The molecular formula is C18H20O5. The van der Waals surface area contributed by atoms with Crippen LogP contribution >= 0.6 is 0 Å². The van der Waals surface area contributed by atoms with Crippen LogP contribution in [0.2, 0.25) is 0 Å². The number of fused-ring (bicyclic) bond motifs is 1. The number of ether oxygens (including phenoxy) is 3. The molecule has 0 heterocycles. The monoisotopic (exact) mass is 316 g/mol. The molecule has 0 N–H and O–H groups in total. The molecule has 23 heavy (non-hydrogen) atoms. The van der Waals surface area contributed by atoms with E-state index in [2.05, 4.69) is 6.92 Å². The van der Waals surface area contributed by atoms with E-state index in [-0.39, 0.29) is 0 Å². The van der Waals surface area contributed by atoms with E-state index in [4.69, 9.17) is 14.2 Å². The molecule has 2 rings (SSSR count). The van der Waals surface area contributed by atoms with Crippen LogP contribution in [0.5, 0.6) is 17.2 Å². The minimum Gasteiger partial charge on any atom is -0.494 e. The lowest BCUT2D eigenvalue weighted by molar-refractivity contribution is -0.132. The molecule has 0 unspecified atom stereocenters. The molecule has 0 amide bonds. The largest absolute Gasteiger partial charge is 0.494 e. The van der Waals surface area contributed by atoms with Crippen LogP contribution in [0.1, 0.15) is 33.6 Å². The Bertz CT molecular complexity index is 721. The SMILES string of the molecule is CCCCOc1ccc2c(OC(C)=O)ccc(OC(C)=O)c2c1. The van der Waals surface area contributed by atoms with Gasteiger partial charge in [-0.2, -0.15) is 0 Å². The van der Waals surface area contributed by atoms with Crippen molar-refractivity contribution in [1.29, 1.82) is 0 Å². The predicted molar refractivity (Wildman–Crippen MR) is 87.0 cm³/mol. The second-order valence-electron chi connectivity index (χ2n) is 5.16. The molecule has 0 bridgehead atoms. The molecular weight excluding hydrogens is 296 g/mol. The summed E-state index contributed by atoms with van der Waals surface area (Å²) in [6.07, 6.45) is 2.01. The average molecular weight is 316 g/mol. The lowest BCUT2D eigenvalue weighted by Crippen LogP contribution is -2.05. The molecule has 0 saturated carbocycles. The van der Waals surface area contributed by atoms with Crippen LogP contribution in [-0.4, -0.2) is 18.5 Å². The van der Waals surface area contributed by atoms with Gasteiger partial charge in [-0.3, -0.25) is 9.59 Å². The molecule has 0 saturated heterocycles. The predicted octanol–water partition coefficient (Wildman–Crippen LogP) is 3.87. The second kappa shape index (κ2) is 7.63. The van der Waals surface area contributed by atoms with Crippen molar-refractivity contribution < 1.29 is 23.8 Å². The highest BCUT2D eigenvalue weighted by Gasteiger charge is 2.12. The van der Waals surface area contributed by atoms with Crippen LogP contribution in [0.15, 0.2) is 30.3 Å². The zero-order valence-electron chi connectivity index (χ0n) is 13.5. The summed E-state index contributed by atoms with van der Waals surface area (Å²) in [7, 11) is 0. The van der Waals surface area contributed by atoms with Gasteiger partial charge in [0, 0.05) is 24.6 Å². The third kappa shape index (κ3) is 4.45. The van der Waals surface area contributed by atoms with E-state index < -0.39 is 11.9 Å². The Labute approximate surface area is 135 Å².